The molecule has 23 heavy (non-hydrogen) atoms. The third-order valence-corrected chi connectivity index (χ3v) is 3.42. The molecule has 3 rings (SSSR count). The summed E-state index contributed by atoms with van der Waals surface area (Å²) >= 11 is 0. The number of aromatic hydroxyl groups is 1. The molecule has 0 aliphatic rings. The lowest BCUT2D eigenvalue weighted by atomic mass is 10.1. The molecule has 5 nitrogen and oxygen atoms in total. The second-order valence-electron chi connectivity index (χ2n) is 5.39. The number of amides is 1. The topological polar surface area (TPSA) is 77.8 Å². The van der Waals surface area contributed by atoms with Gasteiger partial charge in [-0.05, 0) is 44.2 Å². The summed E-state index contributed by atoms with van der Waals surface area (Å²) in [6.07, 6.45) is 0. The molecule has 0 aliphatic heterocycles. The molecule has 3 aromatic rings. The van der Waals surface area contributed by atoms with E-state index in [1.807, 2.05) is 19.9 Å². The van der Waals surface area contributed by atoms with Gasteiger partial charge in [-0.2, -0.15) is 0 Å². The molecule has 116 valence electrons. The average Bonchev–Trinajstić information content (AvgIpc) is 2.78. The summed E-state index contributed by atoms with van der Waals surface area (Å²) < 4.78 is 13.3. The van der Waals surface area contributed by atoms with Gasteiger partial charge in [0.1, 0.15) is 5.82 Å². The number of azo groups is 1. The van der Waals surface area contributed by atoms with Gasteiger partial charge in [-0.15, -0.1) is 10.2 Å². The largest absolute Gasteiger partial charge is 0.493 e. The van der Waals surface area contributed by atoms with Gasteiger partial charge in [-0.25, -0.2) is 4.39 Å². The van der Waals surface area contributed by atoms with Gasteiger partial charge in [0.05, 0.1) is 5.52 Å². The second kappa shape index (κ2) is 5.64. The standard InChI is InChI=1S/C17H14FN3O2/c1-9-5-10(2)7-11(6-9)16(22)21-20-15-13-8-12(18)3-4-14(13)19-17(15)23/h3-8,19,23H,1-2H3. The zero-order valence-corrected chi connectivity index (χ0v) is 12.6. The molecule has 0 atom stereocenters. The van der Waals surface area contributed by atoms with Crippen LogP contribution in [-0.4, -0.2) is 16.0 Å². The number of nitrogens with one attached hydrogen (secondary N) is 1. The smallest absolute Gasteiger partial charge is 0.295 e. The number of aromatic amines is 1. The third kappa shape index (κ3) is 2.96. The van der Waals surface area contributed by atoms with Gasteiger partial charge in [0.15, 0.2) is 5.69 Å². The summed E-state index contributed by atoms with van der Waals surface area (Å²) in [5, 5.41) is 17.7. The Hall–Kier alpha value is -3.02. The highest BCUT2D eigenvalue weighted by molar-refractivity contribution is 5.97. The van der Waals surface area contributed by atoms with Crippen molar-refractivity contribution in [3.05, 3.63) is 58.9 Å². The van der Waals surface area contributed by atoms with Gasteiger partial charge in [0, 0.05) is 10.9 Å². The van der Waals surface area contributed by atoms with Crippen LogP contribution in [-0.2, 0) is 0 Å². The minimum absolute atomic E-state index is 0.0391. The number of carbonyl (C=O) groups excluding carboxylic acids is 1. The number of rotatable bonds is 2. The lowest BCUT2D eigenvalue weighted by Gasteiger charge is -2.00. The zero-order valence-electron chi connectivity index (χ0n) is 12.6. The summed E-state index contributed by atoms with van der Waals surface area (Å²) in [7, 11) is 0. The number of fused-ring (bicyclic) bond motifs is 1. The highest BCUT2D eigenvalue weighted by Crippen LogP contribution is 2.35. The quantitative estimate of drug-likeness (QED) is 0.681. The Kier molecular flexibility index (Phi) is 3.65. The number of halogens is 1. The van der Waals surface area contributed by atoms with Crippen molar-refractivity contribution in [3.8, 4) is 5.88 Å². The number of hydrogen-bond donors (Lipinski definition) is 2. The van der Waals surface area contributed by atoms with E-state index >= 15 is 0 Å². The van der Waals surface area contributed by atoms with Crippen LogP contribution in [0, 0.1) is 19.7 Å². The minimum atomic E-state index is -0.526. The molecule has 2 N–H and O–H groups in total. The Labute approximate surface area is 131 Å². The molecule has 0 saturated carbocycles. The minimum Gasteiger partial charge on any atom is -0.493 e. The molecule has 2 aromatic carbocycles. The van der Waals surface area contributed by atoms with E-state index in [0.29, 0.717) is 16.5 Å². The molecule has 0 radical (unpaired) electrons. The van der Waals surface area contributed by atoms with Crippen molar-refractivity contribution < 1.29 is 14.3 Å². The summed E-state index contributed by atoms with van der Waals surface area (Å²) in [5.41, 5.74) is 2.85. The van der Waals surface area contributed by atoms with Crippen LogP contribution in [0.15, 0.2) is 46.6 Å². The molecule has 0 fully saturated rings. The van der Waals surface area contributed by atoms with Crippen molar-refractivity contribution in [2.45, 2.75) is 13.8 Å². The van der Waals surface area contributed by atoms with Gasteiger partial charge in [-0.3, -0.25) is 4.79 Å². The normalized spacial score (nSPS) is 11.4. The molecule has 0 spiro atoms. The molecule has 0 bridgehead atoms. The first kappa shape index (κ1) is 14.9. The van der Waals surface area contributed by atoms with Gasteiger partial charge >= 0.3 is 0 Å². The van der Waals surface area contributed by atoms with Crippen molar-refractivity contribution in [2.24, 2.45) is 10.2 Å². The van der Waals surface area contributed by atoms with Crippen LogP contribution in [0.2, 0.25) is 0 Å². The molecule has 1 amide bonds. The van der Waals surface area contributed by atoms with E-state index in [9.17, 15) is 14.3 Å². The molecule has 0 unspecified atom stereocenters. The summed E-state index contributed by atoms with van der Waals surface area (Å²) in [6.45, 7) is 3.77. The number of aromatic nitrogens is 1. The maximum atomic E-state index is 13.3. The monoisotopic (exact) mass is 311 g/mol. The van der Waals surface area contributed by atoms with E-state index in [2.05, 4.69) is 15.2 Å². The van der Waals surface area contributed by atoms with E-state index in [4.69, 9.17) is 0 Å². The van der Waals surface area contributed by atoms with Crippen molar-refractivity contribution in [2.75, 3.05) is 0 Å². The number of carbonyl (C=O) groups is 1. The summed E-state index contributed by atoms with van der Waals surface area (Å²) in [5.74, 6) is -1.25. The molecular weight excluding hydrogens is 297 g/mol. The summed E-state index contributed by atoms with van der Waals surface area (Å²) in [6, 6.07) is 9.34. The average molecular weight is 311 g/mol. The molecule has 6 heteroatoms. The van der Waals surface area contributed by atoms with Crippen LogP contribution in [0.5, 0.6) is 5.88 Å². The van der Waals surface area contributed by atoms with Gasteiger partial charge in [0.2, 0.25) is 5.88 Å². The first-order chi connectivity index (χ1) is 10.9. The predicted octanol–water partition coefficient (Wildman–Crippen LogP) is 4.55. The molecule has 0 aliphatic carbocycles. The number of hydrogen-bond acceptors (Lipinski definition) is 3. The van der Waals surface area contributed by atoms with Crippen LogP contribution >= 0.6 is 0 Å². The Balaban J connectivity index is 1.98. The Morgan fingerprint density at radius 1 is 1.13 bits per heavy atom. The number of benzene rings is 2. The SMILES string of the molecule is Cc1cc(C)cc(C(=O)N=Nc2c(O)[nH]c3ccc(F)cc23)c1. The number of H-pyrrole nitrogens is 1. The lowest BCUT2D eigenvalue weighted by Crippen LogP contribution is -1.95. The van der Waals surface area contributed by atoms with Crippen molar-refractivity contribution in [1.29, 1.82) is 0 Å². The maximum absolute atomic E-state index is 13.3. The van der Waals surface area contributed by atoms with Gasteiger partial charge in [-0.1, -0.05) is 17.2 Å². The van der Waals surface area contributed by atoms with Crippen LogP contribution in [0.3, 0.4) is 0 Å². The Morgan fingerprint density at radius 2 is 1.83 bits per heavy atom. The number of nitrogens with zero attached hydrogens (tertiary/aromatic N) is 2. The fourth-order valence-corrected chi connectivity index (χ4v) is 2.49. The summed E-state index contributed by atoms with van der Waals surface area (Å²) in [4.78, 5) is 14.8. The van der Waals surface area contributed by atoms with Gasteiger partial charge < -0.3 is 10.1 Å². The highest BCUT2D eigenvalue weighted by atomic mass is 19.1. The van der Waals surface area contributed by atoms with Crippen LogP contribution < -0.4 is 0 Å². The molecule has 1 aromatic heterocycles. The highest BCUT2D eigenvalue weighted by Gasteiger charge is 2.12. The fourth-order valence-electron chi connectivity index (χ4n) is 2.49. The lowest BCUT2D eigenvalue weighted by molar-refractivity contribution is 0.0995. The van der Waals surface area contributed by atoms with E-state index in [1.54, 1.807) is 12.1 Å². The Bertz CT molecular complexity index is 924. The van der Waals surface area contributed by atoms with E-state index in [1.165, 1.54) is 18.2 Å². The molecule has 1 heterocycles. The van der Waals surface area contributed by atoms with Crippen LogP contribution in [0.25, 0.3) is 10.9 Å². The predicted molar refractivity (Wildman–Crippen MR) is 84.7 cm³/mol. The fraction of sp³-hybridized carbons (Fsp3) is 0.118. The second-order valence-corrected chi connectivity index (χ2v) is 5.39. The van der Waals surface area contributed by atoms with E-state index in [0.717, 1.165) is 11.1 Å². The number of aryl methyl sites for hydroxylation is 2. The van der Waals surface area contributed by atoms with Crippen molar-refractivity contribution in [1.82, 2.24) is 4.98 Å². The van der Waals surface area contributed by atoms with Crippen LogP contribution in [0.1, 0.15) is 21.5 Å². The van der Waals surface area contributed by atoms with Gasteiger partial charge in [0.25, 0.3) is 5.91 Å². The zero-order chi connectivity index (χ0) is 16.6. The molecule has 0 saturated heterocycles. The van der Waals surface area contributed by atoms with Crippen molar-refractivity contribution >= 4 is 22.5 Å². The Morgan fingerprint density at radius 3 is 2.52 bits per heavy atom. The van der Waals surface area contributed by atoms with Crippen molar-refractivity contribution in [3.63, 3.8) is 0 Å². The van der Waals surface area contributed by atoms with Crippen LogP contribution in [0.4, 0.5) is 10.1 Å². The van der Waals surface area contributed by atoms with E-state index in [-0.39, 0.29) is 11.6 Å². The third-order valence-electron chi connectivity index (χ3n) is 3.42. The first-order valence-electron chi connectivity index (χ1n) is 6.98. The molecular formula is C17H14FN3O2. The maximum Gasteiger partial charge on any atom is 0.295 e. The first-order valence-corrected chi connectivity index (χ1v) is 6.98. The van der Waals surface area contributed by atoms with E-state index < -0.39 is 11.7 Å².